The Morgan fingerprint density at radius 1 is 1.12 bits per heavy atom. The van der Waals surface area contributed by atoms with E-state index in [1.54, 1.807) is 44.1 Å². The summed E-state index contributed by atoms with van der Waals surface area (Å²) in [5.41, 5.74) is 0.534. The quantitative estimate of drug-likeness (QED) is 0.790. The van der Waals surface area contributed by atoms with Gasteiger partial charge in [-0.3, -0.25) is 4.79 Å². The first kappa shape index (κ1) is 16.0. The summed E-state index contributed by atoms with van der Waals surface area (Å²) in [4.78, 5) is 16.7. The highest BCUT2D eigenvalue weighted by Crippen LogP contribution is 2.26. The van der Waals surface area contributed by atoms with Gasteiger partial charge in [-0.15, -0.1) is 0 Å². The summed E-state index contributed by atoms with van der Waals surface area (Å²) in [6, 6.07) is 5.21. The van der Waals surface area contributed by atoms with Crippen LogP contribution in [-0.2, 0) is 7.05 Å². The number of benzene rings is 1. The number of methoxy groups -OCH3 is 2. The largest absolute Gasteiger partial charge is 0.497 e. The van der Waals surface area contributed by atoms with Gasteiger partial charge >= 0.3 is 0 Å². The number of ether oxygens (including phenoxy) is 2. The lowest BCUT2D eigenvalue weighted by Gasteiger charge is -2.34. The van der Waals surface area contributed by atoms with Gasteiger partial charge in [0.25, 0.3) is 5.91 Å². The molecule has 0 bridgehead atoms. The fourth-order valence-corrected chi connectivity index (χ4v) is 2.75. The van der Waals surface area contributed by atoms with Crippen LogP contribution in [0.1, 0.15) is 10.4 Å². The van der Waals surface area contributed by atoms with Gasteiger partial charge in [0.05, 0.1) is 19.8 Å². The number of aromatic nitrogens is 4. The molecule has 0 unspecified atom stereocenters. The molecule has 1 aromatic carbocycles. The summed E-state index contributed by atoms with van der Waals surface area (Å²) < 4.78 is 12.1. The summed E-state index contributed by atoms with van der Waals surface area (Å²) in [5.74, 6) is 1.83. The van der Waals surface area contributed by atoms with E-state index in [9.17, 15) is 4.79 Å². The molecule has 3 rings (SSSR count). The Morgan fingerprint density at radius 3 is 2.46 bits per heavy atom. The number of piperazine rings is 1. The van der Waals surface area contributed by atoms with Crippen molar-refractivity contribution in [3.63, 3.8) is 0 Å². The van der Waals surface area contributed by atoms with E-state index in [-0.39, 0.29) is 5.91 Å². The molecule has 128 valence electrons. The Hall–Kier alpha value is -2.84. The van der Waals surface area contributed by atoms with Crippen LogP contribution in [0.3, 0.4) is 0 Å². The van der Waals surface area contributed by atoms with Crippen molar-refractivity contribution in [3.8, 4) is 11.5 Å². The molecular weight excluding hydrogens is 312 g/mol. The zero-order chi connectivity index (χ0) is 17.1. The number of carbonyl (C=O) groups excluding carboxylic acids is 1. The molecule has 1 aliphatic rings. The molecule has 2 aromatic rings. The van der Waals surface area contributed by atoms with Crippen LogP contribution in [0.2, 0.25) is 0 Å². The average Bonchev–Trinajstić information content (AvgIpc) is 3.06. The van der Waals surface area contributed by atoms with Crippen LogP contribution < -0.4 is 14.4 Å². The maximum atomic E-state index is 12.8. The fourth-order valence-electron chi connectivity index (χ4n) is 2.75. The van der Waals surface area contributed by atoms with Crippen LogP contribution in [0.4, 0.5) is 5.95 Å². The smallest absolute Gasteiger partial charge is 0.257 e. The van der Waals surface area contributed by atoms with Crippen LogP contribution in [0.5, 0.6) is 11.5 Å². The molecule has 0 aliphatic carbocycles. The predicted octanol–water partition coefficient (Wildman–Crippen LogP) is 0.190. The third-order valence-electron chi connectivity index (χ3n) is 4.09. The maximum Gasteiger partial charge on any atom is 0.257 e. The minimum absolute atomic E-state index is 0.0507. The number of hydrogen-bond acceptors (Lipinski definition) is 7. The van der Waals surface area contributed by atoms with Crippen molar-refractivity contribution in [1.82, 2.24) is 25.1 Å². The summed E-state index contributed by atoms with van der Waals surface area (Å²) in [5, 5.41) is 11.5. The second-order valence-corrected chi connectivity index (χ2v) is 5.45. The number of hydrogen-bond donors (Lipinski definition) is 0. The van der Waals surface area contributed by atoms with E-state index in [0.717, 1.165) is 0 Å². The van der Waals surface area contributed by atoms with Gasteiger partial charge in [0.1, 0.15) is 11.5 Å². The van der Waals surface area contributed by atoms with Gasteiger partial charge in [-0.25, -0.2) is 4.68 Å². The molecule has 0 N–H and O–H groups in total. The van der Waals surface area contributed by atoms with Gasteiger partial charge in [0, 0.05) is 39.3 Å². The third kappa shape index (κ3) is 2.97. The molecule has 1 fully saturated rings. The highest BCUT2D eigenvalue weighted by Gasteiger charge is 2.26. The normalized spacial score (nSPS) is 14.6. The molecule has 0 atom stereocenters. The molecule has 1 aliphatic heterocycles. The SMILES string of the molecule is COc1ccc(C(=O)N2CCN(c3nnnn3C)CC2)c(OC)c1. The molecular formula is C15H20N6O3. The van der Waals surface area contributed by atoms with Crippen LogP contribution in [0.25, 0.3) is 0 Å². The van der Waals surface area contributed by atoms with Crippen molar-refractivity contribution in [2.24, 2.45) is 7.05 Å². The van der Waals surface area contributed by atoms with E-state index in [2.05, 4.69) is 20.4 Å². The van der Waals surface area contributed by atoms with Crippen LogP contribution >= 0.6 is 0 Å². The number of carbonyl (C=O) groups is 1. The number of amides is 1. The molecule has 1 aromatic heterocycles. The lowest BCUT2D eigenvalue weighted by molar-refractivity contribution is 0.0742. The zero-order valence-electron chi connectivity index (χ0n) is 14.0. The lowest BCUT2D eigenvalue weighted by Crippen LogP contribution is -2.49. The predicted molar refractivity (Wildman–Crippen MR) is 86.5 cm³/mol. The Bertz CT molecular complexity index is 724. The number of rotatable bonds is 4. The molecule has 0 radical (unpaired) electrons. The molecule has 1 amide bonds. The molecule has 24 heavy (non-hydrogen) atoms. The molecule has 0 saturated carbocycles. The zero-order valence-corrected chi connectivity index (χ0v) is 14.0. The van der Waals surface area contributed by atoms with Crippen molar-refractivity contribution in [1.29, 1.82) is 0 Å². The minimum atomic E-state index is -0.0507. The summed E-state index contributed by atoms with van der Waals surface area (Å²) in [6.07, 6.45) is 0. The molecule has 0 spiro atoms. The third-order valence-corrected chi connectivity index (χ3v) is 4.09. The van der Waals surface area contributed by atoms with Crippen molar-refractivity contribution in [2.45, 2.75) is 0 Å². The van der Waals surface area contributed by atoms with Gasteiger partial charge in [-0.2, -0.15) is 0 Å². The van der Waals surface area contributed by atoms with E-state index in [0.29, 0.717) is 49.2 Å². The monoisotopic (exact) mass is 332 g/mol. The van der Waals surface area contributed by atoms with Gasteiger partial charge in [-0.05, 0) is 22.6 Å². The lowest BCUT2D eigenvalue weighted by atomic mass is 10.1. The van der Waals surface area contributed by atoms with Crippen molar-refractivity contribution >= 4 is 11.9 Å². The van der Waals surface area contributed by atoms with Gasteiger partial charge in [0.2, 0.25) is 5.95 Å². The number of nitrogens with zero attached hydrogens (tertiary/aromatic N) is 6. The Labute approximate surface area is 139 Å². The standard InChI is InChI=1S/C15H20N6O3/c1-19-15(16-17-18-19)21-8-6-20(7-9-21)14(22)12-5-4-11(23-2)10-13(12)24-3/h4-5,10H,6-9H2,1-3H3. The molecule has 9 heteroatoms. The van der Waals surface area contributed by atoms with Gasteiger partial charge < -0.3 is 19.3 Å². The van der Waals surface area contributed by atoms with Crippen LogP contribution in [0, 0.1) is 0 Å². The van der Waals surface area contributed by atoms with E-state index in [1.165, 1.54) is 0 Å². The minimum Gasteiger partial charge on any atom is -0.497 e. The first-order valence-electron chi connectivity index (χ1n) is 7.62. The number of aryl methyl sites for hydroxylation is 1. The second kappa shape index (κ2) is 6.73. The van der Waals surface area contributed by atoms with Crippen molar-refractivity contribution in [2.75, 3.05) is 45.3 Å². The molecule has 2 heterocycles. The van der Waals surface area contributed by atoms with E-state index < -0.39 is 0 Å². The van der Waals surface area contributed by atoms with Crippen molar-refractivity contribution < 1.29 is 14.3 Å². The van der Waals surface area contributed by atoms with Crippen molar-refractivity contribution in [3.05, 3.63) is 23.8 Å². The first-order chi connectivity index (χ1) is 11.6. The van der Waals surface area contributed by atoms with Crippen LogP contribution in [0.15, 0.2) is 18.2 Å². The second-order valence-electron chi connectivity index (χ2n) is 5.45. The number of anilines is 1. The maximum absolute atomic E-state index is 12.8. The first-order valence-corrected chi connectivity index (χ1v) is 7.62. The Balaban J connectivity index is 1.70. The molecule has 9 nitrogen and oxygen atoms in total. The number of tetrazole rings is 1. The van der Waals surface area contributed by atoms with Crippen LogP contribution in [-0.4, -0.2) is 71.4 Å². The summed E-state index contributed by atoms with van der Waals surface area (Å²) in [6.45, 7) is 2.55. The van der Waals surface area contributed by atoms with Gasteiger partial charge in [-0.1, -0.05) is 5.10 Å². The Kier molecular flexibility index (Phi) is 4.50. The Morgan fingerprint density at radius 2 is 1.88 bits per heavy atom. The molecule has 1 saturated heterocycles. The summed E-state index contributed by atoms with van der Waals surface area (Å²) >= 11 is 0. The average molecular weight is 332 g/mol. The highest BCUT2D eigenvalue weighted by atomic mass is 16.5. The summed E-state index contributed by atoms with van der Waals surface area (Å²) in [7, 11) is 4.93. The van der Waals surface area contributed by atoms with E-state index in [1.807, 2.05) is 4.90 Å². The van der Waals surface area contributed by atoms with Gasteiger partial charge in [0.15, 0.2) is 0 Å². The highest BCUT2D eigenvalue weighted by molar-refractivity contribution is 5.97. The van der Waals surface area contributed by atoms with E-state index >= 15 is 0 Å². The van der Waals surface area contributed by atoms with E-state index in [4.69, 9.17) is 9.47 Å². The topological polar surface area (TPSA) is 85.6 Å². The fraction of sp³-hybridized carbons (Fsp3) is 0.467.